The van der Waals surface area contributed by atoms with Crippen LogP contribution in [-0.4, -0.2) is 53.5 Å². The minimum atomic E-state index is 0.0161. The Morgan fingerprint density at radius 1 is 1.40 bits per heavy atom. The molecule has 2 fully saturated rings. The number of amides is 2. The minimum absolute atomic E-state index is 0.0161. The van der Waals surface area contributed by atoms with Gasteiger partial charge < -0.3 is 15.1 Å². The summed E-state index contributed by atoms with van der Waals surface area (Å²) in [6.07, 6.45) is 5.84. The molecule has 0 saturated carbocycles. The first-order valence-corrected chi connectivity index (χ1v) is 7.31. The number of likely N-dealkylation sites (tertiary alicyclic amines) is 2. The molecule has 1 aromatic rings. The van der Waals surface area contributed by atoms with Crippen molar-refractivity contribution in [2.75, 3.05) is 32.0 Å². The maximum atomic E-state index is 12.5. The number of urea groups is 1. The zero-order valence-corrected chi connectivity index (χ0v) is 12.2. The molecule has 20 heavy (non-hydrogen) atoms. The average molecular weight is 274 g/mol. The molecule has 5 nitrogen and oxygen atoms in total. The fourth-order valence-electron chi connectivity index (χ4n) is 3.46. The van der Waals surface area contributed by atoms with Gasteiger partial charge in [-0.2, -0.15) is 0 Å². The van der Waals surface area contributed by atoms with Crippen molar-refractivity contribution in [1.29, 1.82) is 0 Å². The third-order valence-electron chi connectivity index (χ3n) is 4.35. The first-order valence-electron chi connectivity index (χ1n) is 7.31. The third kappa shape index (κ3) is 2.63. The van der Waals surface area contributed by atoms with E-state index in [4.69, 9.17) is 0 Å². The molecule has 108 valence electrons. The van der Waals surface area contributed by atoms with Crippen LogP contribution in [0, 0.1) is 12.8 Å². The zero-order chi connectivity index (χ0) is 14.1. The van der Waals surface area contributed by atoms with Crippen LogP contribution in [-0.2, 0) is 0 Å². The van der Waals surface area contributed by atoms with Crippen molar-refractivity contribution in [3.05, 3.63) is 24.0 Å². The zero-order valence-electron chi connectivity index (χ0n) is 12.2. The van der Waals surface area contributed by atoms with E-state index in [0.29, 0.717) is 12.0 Å². The van der Waals surface area contributed by atoms with Gasteiger partial charge in [0.2, 0.25) is 0 Å². The Morgan fingerprint density at radius 3 is 3.05 bits per heavy atom. The number of carbonyl (C=O) groups is 1. The molecule has 0 aliphatic carbocycles. The van der Waals surface area contributed by atoms with Gasteiger partial charge in [-0.15, -0.1) is 0 Å². The summed E-state index contributed by atoms with van der Waals surface area (Å²) >= 11 is 0. The van der Waals surface area contributed by atoms with Gasteiger partial charge >= 0.3 is 6.03 Å². The van der Waals surface area contributed by atoms with Crippen molar-refractivity contribution in [2.24, 2.45) is 5.92 Å². The molecule has 0 bridgehead atoms. The summed E-state index contributed by atoms with van der Waals surface area (Å²) in [5, 5.41) is 2.99. The Labute approximate surface area is 120 Å². The number of piperidine rings is 1. The summed E-state index contributed by atoms with van der Waals surface area (Å²) in [6.45, 7) is 4.94. The van der Waals surface area contributed by atoms with E-state index in [1.54, 1.807) is 12.4 Å². The molecule has 1 N–H and O–H groups in total. The second kappa shape index (κ2) is 5.40. The number of likely N-dealkylation sites (N-methyl/N-ethyl adjacent to an activating group) is 1. The Hall–Kier alpha value is -1.62. The van der Waals surface area contributed by atoms with E-state index in [2.05, 4.69) is 22.2 Å². The minimum Gasteiger partial charge on any atom is -0.320 e. The van der Waals surface area contributed by atoms with Crippen molar-refractivity contribution in [2.45, 2.75) is 25.8 Å². The molecule has 3 rings (SSSR count). The van der Waals surface area contributed by atoms with Crippen LogP contribution < -0.4 is 5.32 Å². The Bertz CT molecular complexity index is 504. The molecule has 0 aromatic carbocycles. The maximum absolute atomic E-state index is 12.5. The Kier molecular flexibility index (Phi) is 3.61. The normalized spacial score (nSPS) is 26.4. The number of hydrogen-bond acceptors (Lipinski definition) is 3. The highest BCUT2D eigenvalue weighted by molar-refractivity contribution is 5.89. The summed E-state index contributed by atoms with van der Waals surface area (Å²) in [4.78, 5) is 21.0. The average Bonchev–Trinajstić information content (AvgIpc) is 2.78. The molecule has 2 aliphatic heterocycles. The number of aromatic nitrogens is 1. The number of fused-ring (bicyclic) bond motifs is 1. The van der Waals surface area contributed by atoms with Crippen LogP contribution in [0.25, 0.3) is 0 Å². The van der Waals surface area contributed by atoms with Gasteiger partial charge in [0.25, 0.3) is 0 Å². The second-order valence-corrected chi connectivity index (χ2v) is 6.07. The van der Waals surface area contributed by atoms with E-state index in [1.165, 1.54) is 6.42 Å². The number of rotatable bonds is 1. The van der Waals surface area contributed by atoms with Crippen LogP contribution in [0.1, 0.15) is 18.4 Å². The van der Waals surface area contributed by atoms with Gasteiger partial charge in [-0.1, -0.05) is 0 Å². The molecule has 0 unspecified atom stereocenters. The number of pyridine rings is 1. The monoisotopic (exact) mass is 274 g/mol. The fourth-order valence-corrected chi connectivity index (χ4v) is 3.46. The van der Waals surface area contributed by atoms with Gasteiger partial charge in [0.1, 0.15) is 0 Å². The fraction of sp³-hybridized carbons (Fsp3) is 0.600. The van der Waals surface area contributed by atoms with Gasteiger partial charge in [0, 0.05) is 25.8 Å². The molecule has 2 saturated heterocycles. The van der Waals surface area contributed by atoms with Crippen LogP contribution in [0.3, 0.4) is 0 Å². The van der Waals surface area contributed by atoms with Crippen LogP contribution >= 0.6 is 0 Å². The number of hydrogen-bond donors (Lipinski definition) is 1. The van der Waals surface area contributed by atoms with Crippen molar-refractivity contribution in [1.82, 2.24) is 14.8 Å². The summed E-state index contributed by atoms with van der Waals surface area (Å²) in [7, 11) is 2.14. The lowest BCUT2D eigenvalue weighted by Crippen LogP contribution is -2.50. The van der Waals surface area contributed by atoms with E-state index >= 15 is 0 Å². The topological polar surface area (TPSA) is 48.5 Å². The molecular formula is C15H22N4O. The second-order valence-electron chi connectivity index (χ2n) is 6.07. The van der Waals surface area contributed by atoms with Gasteiger partial charge in [0.05, 0.1) is 17.9 Å². The highest BCUT2D eigenvalue weighted by Gasteiger charge is 2.39. The summed E-state index contributed by atoms with van der Waals surface area (Å²) in [6, 6.07) is 2.33. The number of carbonyl (C=O) groups excluding carboxylic acids is 1. The molecule has 2 atom stereocenters. The molecule has 1 aromatic heterocycles. The van der Waals surface area contributed by atoms with Crippen LogP contribution in [0.5, 0.6) is 0 Å². The molecule has 3 heterocycles. The number of nitrogens with one attached hydrogen (secondary N) is 1. The lowest BCUT2D eigenvalue weighted by atomic mass is 9.92. The lowest BCUT2D eigenvalue weighted by molar-refractivity contribution is 0.146. The predicted molar refractivity (Wildman–Crippen MR) is 78.7 cm³/mol. The van der Waals surface area contributed by atoms with E-state index < -0.39 is 0 Å². The van der Waals surface area contributed by atoms with Gasteiger partial charge in [0.15, 0.2) is 0 Å². The number of aryl methyl sites for hydroxylation is 1. The van der Waals surface area contributed by atoms with E-state index in [9.17, 15) is 4.79 Å². The molecule has 2 amide bonds. The van der Waals surface area contributed by atoms with Gasteiger partial charge in [-0.3, -0.25) is 4.98 Å². The molecular weight excluding hydrogens is 252 g/mol. The van der Waals surface area contributed by atoms with E-state index in [0.717, 1.165) is 37.3 Å². The van der Waals surface area contributed by atoms with Crippen molar-refractivity contribution < 1.29 is 4.79 Å². The summed E-state index contributed by atoms with van der Waals surface area (Å²) < 4.78 is 0. The summed E-state index contributed by atoms with van der Waals surface area (Å²) in [5.41, 5.74) is 1.84. The first-order chi connectivity index (χ1) is 9.63. The standard InChI is InChI=1S/C15H22N4O/c1-11-6-13(8-16-7-11)17-15(20)19-5-3-4-12-9-18(2)10-14(12)19/h6-8,12,14H,3-5,9-10H2,1-2H3,(H,17,20)/t12-,14+/m0/s1. The van der Waals surface area contributed by atoms with Crippen molar-refractivity contribution in [3.63, 3.8) is 0 Å². The molecule has 0 radical (unpaired) electrons. The van der Waals surface area contributed by atoms with Crippen LogP contribution in [0.15, 0.2) is 18.5 Å². The van der Waals surface area contributed by atoms with E-state index in [-0.39, 0.29) is 6.03 Å². The largest absolute Gasteiger partial charge is 0.322 e. The Balaban J connectivity index is 1.70. The predicted octanol–water partition coefficient (Wildman–Crippen LogP) is 1.95. The van der Waals surface area contributed by atoms with Crippen LogP contribution in [0.2, 0.25) is 0 Å². The third-order valence-corrected chi connectivity index (χ3v) is 4.35. The summed E-state index contributed by atoms with van der Waals surface area (Å²) in [5.74, 6) is 0.634. The van der Waals surface area contributed by atoms with Crippen LogP contribution in [0.4, 0.5) is 10.5 Å². The highest BCUT2D eigenvalue weighted by atomic mass is 16.2. The van der Waals surface area contributed by atoms with Crippen molar-refractivity contribution >= 4 is 11.7 Å². The molecule has 2 aliphatic rings. The van der Waals surface area contributed by atoms with Gasteiger partial charge in [-0.25, -0.2) is 4.79 Å². The SMILES string of the molecule is Cc1cncc(NC(=O)N2CCC[C@H]3CN(C)C[C@H]32)c1. The Morgan fingerprint density at radius 2 is 2.25 bits per heavy atom. The van der Waals surface area contributed by atoms with E-state index in [1.807, 2.05) is 17.9 Å². The quantitative estimate of drug-likeness (QED) is 0.851. The van der Waals surface area contributed by atoms with Crippen molar-refractivity contribution in [3.8, 4) is 0 Å². The lowest BCUT2D eigenvalue weighted by Gasteiger charge is -2.36. The maximum Gasteiger partial charge on any atom is 0.322 e. The number of anilines is 1. The number of nitrogens with zero attached hydrogens (tertiary/aromatic N) is 3. The van der Waals surface area contributed by atoms with Gasteiger partial charge in [-0.05, 0) is 44.4 Å². The first kappa shape index (κ1) is 13.4. The highest BCUT2D eigenvalue weighted by Crippen LogP contribution is 2.30. The molecule has 0 spiro atoms. The smallest absolute Gasteiger partial charge is 0.320 e. The molecule has 5 heteroatoms.